The van der Waals surface area contributed by atoms with Gasteiger partial charge in [0.1, 0.15) is 22.8 Å². The van der Waals surface area contributed by atoms with E-state index in [0.717, 1.165) is 0 Å². The minimum atomic E-state index is -1.99. The Kier molecular flexibility index (Phi) is 7.46. The first kappa shape index (κ1) is 29.2. The van der Waals surface area contributed by atoms with Gasteiger partial charge in [0.25, 0.3) is 0 Å². The predicted octanol–water partition coefficient (Wildman–Crippen LogP) is 2.07. The number of aliphatic hydroxyl groups excluding tert-OH is 1. The molecule has 2 aliphatic carbocycles. The third-order valence-corrected chi connectivity index (χ3v) is 8.30. The summed E-state index contributed by atoms with van der Waals surface area (Å²) in [6.07, 6.45) is -4.11. The predicted molar refractivity (Wildman–Crippen MR) is 144 cm³/mol. The van der Waals surface area contributed by atoms with Crippen molar-refractivity contribution >= 4 is 17.3 Å². The first-order valence-corrected chi connectivity index (χ1v) is 13.6. The Bertz CT molecular complexity index is 1440. The molecule has 5 N–H and O–H groups in total. The van der Waals surface area contributed by atoms with Crippen LogP contribution in [-0.4, -0.2) is 81.1 Å². The van der Waals surface area contributed by atoms with E-state index >= 15 is 0 Å². The number of aliphatic hydroxyl groups is 2. The van der Waals surface area contributed by atoms with Crippen molar-refractivity contribution in [1.29, 1.82) is 0 Å². The highest BCUT2D eigenvalue weighted by atomic mass is 16.7. The summed E-state index contributed by atoms with van der Waals surface area (Å²) < 4.78 is 17.5. The van der Waals surface area contributed by atoms with Crippen molar-refractivity contribution in [3.63, 3.8) is 0 Å². The summed E-state index contributed by atoms with van der Waals surface area (Å²) in [5, 5.41) is 48.3. The molecule has 5 rings (SSSR count). The molecule has 41 heavy (non-hydrogen) atoms. The molecule has 1 aliphatic heterocycles. The lowest BCUT2D eigenvalue weighted by atomic mass is 9.72. The van der Waals surface area contributed by atoms with E-state index in [2.05, 4.69) is 5.32 Å². The smallest absolute Gasteiger partial charge is 0.202 e. The van der Waals surface area contributed by atoms with Crippen molar-refractivity contribution < 1.29 is 49.0 Å². The van der Waals surface area contributed by atoms with Gasteiger partial charge >= 0.3 is 0 Å². The highest BCUT2D eigenvalue weighted by Gasteiger charge is 2.49. The Labute approximate surface area is 237 Å². The molecule has 2 aromatic rings. The van der Waals surface area contributed by atoms with Crippen LogP contribution >= 0.6 is 0 Å². The first-order valence-electron chi connectivity index (χ1n) is 13.6. The standard InChI is InChI=1S/C30H35NO10/c1-12(2)31-17-9-20(40-13(3)25(17)33)41-19-11-30(38,14(4)32)10-16-22(19)29(37)24-23(27(16)35)26(34)15-7-6-8-18(39-5)21(15)28(24)36/h6-8,12-13,17,19-20,25,31,33,35,37-38H,9-11H2,1-5H3/t13-,17?,19-,20-,25+,30-/m0/s1. The fourth-order valence-corrected chi connectivity index (χ4v) is 6.22. The summed E-state index contributed by atoms with van der Waals surface area (Å²) in [4.78, 5) is 39.9. The monoisotopic (exact) mass is 569 g/mol. The Hall–Kier alpha value is -3.35. The summed E-state index contributed by atoms with van der Waals surface area (Å²) in [5.41, 5.74) is -2.94. The SMILES string of the molecule is COc1cccc2c1C(=O)c1c(O)c3c(c(O)c1C2=O)C[C@@](O)(C(C)=O)C[C@@H]3O[C@H]1CC(NC(C)C)[C@H](O)[C@H](C)O1. The molecular weight excluding hydrogens is 534 g/mol. The largest absolute Gasteiger partial charge is 0.507 e. The number of Topliss-reactive ketones (excluding diaryl/α,β-unsaturated/α-hetero) is 1. The number of aromatic hydroxyl groups is 2. The summed E-state index contributed by atoms with van der Waals surface area (Å²) in [5.74, 6) is -3.09. The molecule has 0 bridgehead atoms. The summed E-state index contributed by atoms with van der Waals surface area (Å²) >= 11 is 0. The maximum absolute atomic E-state index is 13.7. The first-order chi connectivity index (χ1) is 19.3. The number of rotatable bonds is 6. The number of fused-ring (bicyclic) bond motifs is 3. The molecule has 1 saturated heterocycles. The number of carbonyl (C=O) groups excluding carboxylic acids is 3. The lowest BCUT2D eigenvalue weighted by Gasteiger charge is -2.43. The van der Waals surface area contributed by atoms with Gasteiger partial charge in [0.15, 0.2) is 17.9 Å². The van der Waals surface area contributed by atoms with E-state index < -0.39 is 82.6 Å². The van der Waals surface area contributed by atoms with Gasteiger partial charge in [0.05, 0.1) is 42.1 Å². The van der Waals surface area contributed by atoms with Crippen LogP contribution in [0, 0.1) is 0 Å². The van der Waals surface area contributed by atoms with Gasteiger partial charge in [0, 0.05) is 48.0 Å². The highest BCUT2D eigenvalue weighted by molar-refractivity contribution is 6.31. The Balaban J connectivity index is 1.64. The van der Waals surface area contributed by atoms with Gasteiger partial charge in [-0.1, -0.05) is 26.0 Å². The molecule has 3 aliphatic rings. The number of hydrogen-bond acceptors (Lipinski definition) is 11. The summed E-state index contributed by atoms with van der Waals surface area (Å²) in [7, 11) is 1.35. The van der Waals surface area contributed by atoms with Crippen LogP contribution in [0.25, 0.3) is 0 Å². The number of phenols is 2. The van der Waals surface area contributed by atoms with Gasteiger partial charge < -0.3 is 40.0 Å². The van der Waals surface area contributed by atoms with Crippen LogP contribution in [0.3, 0.4) is 0 Å². The zero-order chi connectivity index (χ0) is 30.0. The van der Waals surface area contributed by atoms with Crippen LogP contribution in [-0.2, 0) is 20.7 Å². The molecule has 0 radical (unpaired) electrons. The molecule has 2 aromatic carbocycles. The number of nitrogens with one attached hydrogen (secondary N) is 1. The minimum absolute atomic E-state index is 0.00576. The van der Waals surface area contributed by atoms with Crippen LogP contribution < -0.4 is 10.1 Å². The zero-order valence-corrected chi connectivity index (χ0v) is 23.6. The van der Waals surface area contributed by atoms with Crippen molar-refractivity contribution in [2.45, 2.75) is 89.2 Å². The van der Waals surface area contributed by atoms with Crippen molar-refractivity contribution in [3.05, 3.63) is 51.6 Å². The van der Waals surface area contributed by atoms with E-state index in [1.54, 1.807) is 6.92 Å². The Morgan fingerprint density at radius 2 is 1.80 bits per heavy atom. The van der Waals surface area contributed by atoms with Gasteiger partial charge in [-0.25, -0.2) is 0 Å². The van der Waals surface area contributed by atoms with Crippen LogP contribution in [0.1, 0.15) is 89.6 Å². The van der Waals surface area contributed by atoms with Gasteiger partial charge in [-0.3, -0.25) is 14.4 Å². The molecule has 0 saturated carbocycles. The van der Waals surface area contributed by atoms with Crippen molar-refractivity contribution in [3.8, 4) is 17.2 Å². The Morgan fingerprint density at radius 1 is 1.12 bits per heavy atom. The topological polar surface area (TPSA) is 172 Å². The average Bonchev–Trinajstić information content (AvgIpc) is 2.91. The number of hydrogen-bond donors (Lipinski definition) is 5. The molecule has 220 valence electrons. The molecule has 0 spiro atoms. The molecule has 1 heterocycles. The maximum Gasteiger partial charge on any atom is 0.202 e. The molecule has 11 heteroatoms. The quantitative estimate of drug-likeness (QED) is 0.275. The van der Waals surface area contributed by atoms with Gasteiger partial charge in [0.2, 0.25) is 5.78 Å². The summed E-state index contributed by atoms with van der Waals surface area (Å²) in [6.45, 7) is 6.75. The molecular formula is C30H35NO10. The molecule has 1 fully saturated rings. The zero-order valence-electron chi connectivity index (χ0n) is 23.6. The number of benzene rings is 2. The number of phenolic OH excluding ortho intramolecular Hbond substituents is 2. The average molecular weight is 570 g/mol. The summed E-state index contributed by atoms with van der Waals surface area (Å²) in [6, 6.07) is 4.13. The number of methoxy groups -OCH3 is 1. The van der Waals surface area contributed by atoms with Crippen molar-refractivity contribution in [1.82, 2.24) is 5.32 Å². The molecule has 11 nitrogen and oxygen atoms in total. The fraction of sp³-hybridized carbons (Fsp3) is 0.500. The van der Waals surface area contributed by atoms with E-state index in [9.17, 15) is 34.8 Å². The van der Waals surface area contributed by atoms with E-state index in [-0.39, 0.29) is 46.9 Å². The molecule has 1 unspecified atom stereocenters. The van der Waals surface area contributed by atoms with Gasteiger partial charge in [-0.2, -0.15) is 0 Å². The third kappa shape index (κ3) is 4.71. The fourth-order valence-electron chi connectivity index (χ4n) is 6.22. The molecule has 0 aromatic heterocycles. The Morgan fingerprint density at radius 3 is 2.44 bits per heavy atom. The molecule has 0 amide bonds. The second-order valence-electron chi connectivity index (χ2n) is 11.4. The highest BCUT2D eigenvalue weighted by Crippen LogP contribution is 2.52. The van der Waals surface area contributed by atoms with Crippen molar-refractivity contribution in [2.24, 2.45) is 0 Å². The van der Waals surface area contributed by atoms with E-state index in [1.165, 1.54) is 32.2 Å². The lowest BCUT2D eigenvalue weighted by molar-refractivity contribution is -0.250. The van der Waals surface area contributed by atoms with Crippen molar-refractivity contribution in [2.75, 3.05) is 7.11 Å². The number of ketones is 3. The number of carbonyl (C=O) groups is 3. The van der Waals surface area contributed by atoms with Crippen LogP contribution in [0.4, 0.5) is 0 Å². The third-order valence-electron chi connectivity index (χ3n) is 8.30. The van der Waals surface area contributed by atoms with Gasteiger partial charge in [-0.05, 0) is 19.9 Å². The molecule has 6 atom stereocenters. The second kappa shape index (κ2) is 10.5. The van der Waals surface area contributed by atoms with Crippen LogP contribution in [0.2, 0.25) is 0 Å². The van der Waals surface area contributed by atoms with Gasteiger partial charge in [-0.15, -0.1) is 0 Å². The van der Waals surface area contributed by atoms with E-state index in [0.29, 0.717) is 0 Å². The second-order valence-corrected chi connectivity index (χ2v) is 11.4. The lowest BCUT2D eigenvalue weighted by Crippen LogP contribution is -2.55. The van der Waals surface area contributed by atoms with E-state index in [1.807, 2.05) is 13.8 Å². The van der Waals surface area contributed by atoms with Crippen LogP contribution in [0.15, 0.2) is 18.2 Å². The number of ether oxygens (including phenoxy) is 3. The van der Waals surface area contributed by atoms with Crippen LogP contribution in [0.5, 0.6) is 17.2 Å². The normalized spacial score (nSPS) is 29.1. The maximum atomic E-state index is 13.7. The van der Waals surface area contributed by atoms with E-state index in [4.69, 9.17) is 14.2 Å². The minimum Gasteiger partial charge on any atom is -0.507 e.